The van der Waals surface area contributed by atoms with Crippen LogP contribution in [0.3, 0.4) is 0 Å². The number of hydrogen-bond donors (Lipinski definition) is 1. The molecule has 0 fully saturated rings. The van der Waals surface area contributed by atoms with Gasteiger partial charge >= 0.3 is 5.63 Å². The van der Waals surface area contributed by atoms with Gasteiger partial charge in [-0.05, 0) is 24.3 Å². The molecule has 1 aromatic heterocycles. The standard InChI is InChI=1S/C16H12ClN3O2/c17-9-14(18)19-12-7-3-1-5-10(12)15-20-13-8-4-2-6-11(13)16(21)22-15/h1-8H,9H2,(H2,18,19). The van der Waals surface area contributed by atoms with Gasteiger partial charge in [0.25, 0.3) is 0 Å². The third-order valence-corrected chi connectivity index (χ3v) is 3.34. The molecule has 1 heterocycles. The summed E-state index contributed by atoms with van der Waals surface area (Å²) >= 11 is 5.66. The van der Waals surface area contributed by atoms with Gasteiger partial charge in [0.05, 0.1) is 28.0 Å². The van der Waals surface area contributed by atoms with Gasteiger partial charge in [-0.1, -0.05) is 24.3 Å². The first-order valence-electron chi connectivity index (χ1n) is 6.57. The van der Waals surface area contributed by atoms with E-state index in [1.54, 1.807) is 30.3 Å². The van der Waals surface area contributed by atoms with Crippen LogP contribution in [0.15, 0.2) is 62.7 Å². The lowest BCUT2D eigenvalue weighted by Crippen LogP contribution is -2.12. The molecule has 22 heavy (non-hydrogen) atoms. The van der Waals surface area contributed by atoms with Crippen LogP contribution >= 0.6 is 11.6 Å². The SMILES string of the molecule is NC(CCl)=Nc1ccccc1-c1nc2ccccc2c(=O)o1. The van der Waals surface area contributed by atoms with E-state index in [0.29, 0.717) is 22.2 Å². The van der Waals surface area contributed by atoms with E-state index in [-0.39, 0.29) is 17.6 Å². The summed E-state index contributed by atoms with van der Waals surface area (Å²) in [6.07, 6.45) is 0. The highest BCUT2D eigenvalue weighted by atomic mass is 35.5. The van der Waals surface area contributed by atoms with Crippen molar-refractivity contribution in [2.75, 3.05) is 5.88 Å². The van der Waals surface area contributed by atoms with E-state index in [0.717, 1.165) is 0 Å². The number of benzene rings is 2. The van der Waals surface area contributed by atoms with Crippen LogP contribution in [0.2, 0.25) is 0 Å². The van der Waals surface area contributed by atoms with Crippen LogP contribution in [0.4, 0.5) is 5.69 Å². The van der Waals surface area contributed by atoms with Crippen LogP contribution in [0.25, 0.3) is 22.4 Å². The van der Waals surface area contributed by atoms with Gasteiger partial charge in [0, 0.05) is 0 Å². The molecule has 3 aromatic rings. The Balaban J connectivity index is 2.22. The predicted molar refractivity (Wildman–Crippen MR) is 87.7 cm³/mol. The van der Waals surface area contributed by atoms with Crippen molar-refractivity contribution in [3.05, 3.63) is 59.0 Å². The molecule has 0 saturated heterocycles. The maximum absolute atomic E-state index is 12.1. The number of aromatic nitrogens is 1. The molecule has 6 heteroatoms. The molecular weight excluding hydrogens is 302 g/mol. The second-order valence-corrected chi connectivity index (χ2v) is 4.84. The van der Waals surface area contributed by atoms with Crippen molar-refractivity contribution in [3.63, 3.8) is 0 Å². The Kier molecular flexibility index (Phi) is 3.89. The van der Waals surface area contributed by atoms with Crippen LogP contribution in [-0.4, -0.2) is 16.7 Å². The number of halogens is 1. The lowest BCUT2D eigenvalue weighted by atomic mass is 10.1. The fraction of sp³-hybridized carbons (Fsp3) is 0.0625. The van der Waals surface area contributed by atoms with Gasteiger partial charge in [-0.2, -0.15) is 0 Å². The average molecular weight is 314 g/mol. The number of para-hydroxylation sites is 2. The van der Waals surface area contributed by atoms with Crippen molar-refractivity contribution >= 4 is 34.0 Å². The highest BCUT2D eigenvalue weighted by Gasteiger charge is 2.11. The molecule has 0 aliphatic rings. The van der Waals surface area contributed by atoms with Crippen LogP contribution in [0, 0.1) is 0 Å². The molecule has 0 aliphatic heterocycles. The number of alkyl halides is 1. The number of aliphatic imine (C=N–C) groups is 1. The van der Waals surface area contributed by atoms with Crippen molar-refractivity contribution < 1.29 is 4.42 Å². The van der Waals surface area contributed by atoms with Gasteiger partial charge in [-0.25, -0.2) is 14.8 Å². The zero-order valence-corrected chi connectivity index (χ0v) is 12.2. The van der Waals surface area contributed by atoms with Gasteiger partial charge in [0.1, 0.15) is 5.84 Å². The summed E-state index contributed by atoms with van der Waals surface area (Å²) in [5.41, 5.74) is 6.93. The molecule has 3 rings (SSSR count). The lowest BCUT2D eigenvalue weighted by Gasteiger charge is -2.05. The summed E-state index contributed by atoms with van der Waals surface area (Å²) in [6.45, 7) is 0. The number of nitrogens with zero attached hydrogens (tertiary/aromatic N) is 2. The molecular formula is C16H12ClN3O2. The van der Waals surface area contributed by atoms with E-state index in [1.165, 1.54) is 0 Å². The Morgan fingerprint density at radius 3 is 2.73 bits per heavy atom. The molecule has 2 aromatic carbocycles. The van der Waals surface area contributed by atoms with Gasteiger partial charge in [0.15, 0.2) is 0 Å². The minimum atomic E-state index is -0.440. The van der Waals surface area contributed by atoms with Crippen molar-refractivity contribution in [1.82, 2.24) is 4.98 Å². The molecule has 0 atom stereocenters. The Morgan fingerprint density at radius 2 is 1.91 bits per heavy atom. The van der Waals surface area contributed by atoms with Crippen LogP contribution in [0.5, 0.6) is 0 Å². The molecule has 2 N–H and O–H groups in total. The van der Waals surface area contributed by atoms with E-state index in [2.05, 4.69) is 9.98 Å². The molecule has 0 bridgehead atoms. The normalized spacial score (nSPS) is 11.8. The van der Waals surface area contributed by atoms with E-state index >= 15 is 0 Å². The highest BCUT2D eigenvalue weighted by molar-refractivity contribution is 6.28. The number of fused-ring (bicyclic) bond motifs is 1. The van der Waals surface area contributed by atoms with E-state index < -0.39 is 5.63 Å². The lowest BCUT2D eigenvalue weighted by molar-refractivity contribution is 0.518. The minimum absolute atomic E-state index is 0.115. The fourth-order valence-electron chi connectivity index (χ4n) is 2.07. The maximum Gasteiger partial charge on any atom is 0.347 e. The topological polar surface area (TPSA) is 81.5 Å². The quantitative estimate of drug-likeness (QED) is 0.457. The molecule has 0 spiro atoms. The fourth-order valence-corrected chi connectivity index (χ4v) is 2.13. The molecule has 0 unspecified atom stereocenters. The predicted octanol–water partition coefficient (Wildman–Crippen LogP) is 3.08. The summed E-state index contributed by atoms with van der Waals surface area (Å²) in [5.74, 6) is 0.589. The number of hydrogen-bond acceptors (Lipinski definition) is 4. The zero-order chi connectivity index (χ0) is 15.5. The molecule has 0 amide bonds. The first-order valence-corrected chi connectivity index (χ1v) is 7.11. The summed E-state index contributed by atoms with van der Waals surface area (Å²) in [4.78, 5) is 20.7. The molecule has 0 radical (unpaired) electrons. The monoisotopic (exact) mass is 313 g/mol. The van der Waals surface area contributed by atoms with Crippen molar-refractivity contribution in [3.8, 4) is 11.5 Å². The zero-order valence-electron chi connectivity index (χ0n) is 11.5. The van der Waals surface area contributed by atoms with Crippen molar-refractivity contribution in [2.24, 2.45) is 10.7 Å². The summed E-state index contributed by atoms with van der Waals surface area (Å²) < 4.78 is 5.32. The third kappa shape index (κ3) is 2.71. The highest BCUT2D eigenvalue weighted by Crippen LogP contribution is 2.29. The van der Waals surface area contributed by atoms with Crippen LogP contribution in [-0.2, 0) is 0 Å². The van der Waals surface area contributed by atoms with Crippen LogP contribution in [0.1, 0.15) is 0 Å². The second kappa shape index (κ2) is 5.99. The summed E-state index contributed by atoms with van der Waals surface area (Å²) in [7, 11) is 0. The first kappa shape index (κ1) is 14.3. The van der Waals surface area contributed by atoms with Crippen LogP contribution < -0.4 is 11.4 Å². The Bertz CT molecular complexity index is 918. The van der Waals surface area contributed by atoms with Gasteiger partial charge in [0.2, 0.25) is 5.89 Å². The number of nitrogens with two attached hydrogens (primary N) is 1. The average Bonchev–Trinajstić information content (AvgIpc) is 2.55. The maximum atomic E-state index is 12.1. The Hall–Kier alpha value is -2.66. The minimum Gasteiger partial charge on any atom is -0.403 e. The number of rotatable bonds is 3. The smallest absolute Gasteiger partial charge is 0.347 e. The Morgan fingerprint density at radius 1 is 1.18 bits per heavy atom. The largest absolute Gasteiger partial charge is 0.403 e. The summed E-state index contributed by atoms with van der Waals surface area (Å²) in [5, 5.41) is 0.438. The van der Waals surface area contributed by atoms with Crippen molar-refractivity contribution in [2.45, 2.75) is 0 Å². The molecule has 5 nitrogen and oxygen atoms in total. The van der Waals surface area contributed by atoms with Gasteiger partial charge in [-0.3, -0.25) is 0 Å². The molecule has 0 aliphatic carbocycles. The van der Waals surface area contributed by atoms with E-state index in [9.17, 15) is 4.79 Å². The van der Waals surface area contributed by atoms with Crippen molar-refractivity contribution in [1.29, 1.82) is 0 Å². The second-order valence-electron chi connectivity index (χ2n) is 4.58. The van der Waals surface area contributed by atoms with E-state index in [4.69, 9.17) is 21.8 Å². The summed E-state index contributed by atoms with van der Waals surface area (Å²) in [6, 6.07) is 14.1. The van der Waals surface area contributed by atoms with E-state index in [1.807, 2.05) is 18.2 Å². The Labute approximate surface area is 131 Å². The molecule has 0 saturated carbocycles. The third-order valence-electron chi connectivity index (χ3n) is 3.07. The number of amidine groups is 1. The van der Waals surface area contributed by atoms with Gasteiger partial charge in [-0.15, -0.1) is 11.6 Å². The first-order chi connectivity index (χ1) is 10.7. The molecule has 110 valence electrons. The van der Waals surface area contributed by atoms with Gasteiger partial charge < -0.3 is 10.2 Å².